The van der Waals surface area contributed by atoms with Crippen molar-refractivity contribution in [2.45, 2.75) is 38.8 Å². The van der Waals surface area contributed by atoms with Gasteiger partial charge < -0.3 is 9.67 Å². The van der Waals surface area contributed by atoms with Crippen LogP contribution < -0.4 is 11.2 Å². The first-order chi connectivity index (χ1) is 13.5. The van der Waals surface area contributed by atoms with Gasteiger partial charge in [-0.3, -0.25) is 13.9 Å². The highest BCUT2D eigenvalue weighted by Gasteiger charge is 2.14. The van der Waals surface area contributed by atoms with Crippen molar-refractivity contribution in [2.75, 3.05) is 0 Å². The summed E-state index contributed by atoms with van der Waals surface area (Å²) in [6.45, 7) is -9.07. The van der Waals surface area contributed by atoms with Crippen LogP contribution in [0.15, 0.2) is 15.9 Å². The van der Waals surface area contributed by atoms with Gasteiger partial charge in [-0.05, 0) is 26.1 Å². The number of aromatic nitrogens is 4. The Morgan fingerprint density at radius 3 is 3.00 bits per heavy atom. The molecular weight excluding hydrogens is 260 g/mol. The van der Waals surface area contributed by atoms with Gasteiger partial charge in [0.25, 0.3) is 5.56 Å². The lowest BCUT2D eigenvalue weighted by molar-refractivity contribution is 0.180. The number of rotatable bonds is 5. The maximum absolute atomic E-state index is 12.8. The number of nitrogens with zero attached hydrogens (tertiary/aromatic N) is 4. The Hall–Kier alpha value is -1.89. The average molecular weight is 290 g/mol. The van der Waals surface area contributed by atoms with Crippen LogP contribution in [0.3, 0.4) is 0 Å². The van der Waals surface area contributed by atoms with E-state index in [1.807, 2.05) is 0 Å². The second-order valence-corrected chi connectivity index (χ2v) is 4.31. The molecule has 1 unspecified atom stereocenters. The summed E-state index contributed by atoms with van der Waals surface area (Å²) in [4.78, 5) is 29.0. The number of hydrogen-bond donors (Lipinski definition) is 1. The molecule has 0 aliphatic carbocycles. The Kier molecular flexibility index (Phi) is 1.76. The van der Waals surface area contributed by atoms with E-state index in [0.717, 1.165) is 0 Å². The Balaban J connectivity index is 2.58. The van der Waals surface area contributed by atoms with Crippen LogP contribution in [0.2, 0.25) is 0 Å². The molecule has 0 aliphatic rings. The lowest BCUT2D eigenvalue weighted by Gasteiger charge is -2.09. The number of imidazole rings is 1. The molecule has 0 amide bonds. The van der Waals surface area contributed by atoms with Crippen LogP contribution in [0.4, 0.5) is 0 Å². The number of fused-ring (bicyclic) bond motifs is 1. The van der Waals surface area contributed by atoms with E-state index in [1.165, 1.54) is 0 Å². The first-order valence-electron chi connectivity index (χ1n) is 10.9. The van der Waals surface area contributed by atoms with Gasteiger partial charge in [-0.25, -0.2) is 9.78 Å². The topological polar surface area (TPSA) is 82.1 Å². The molecule has 2 rings (SSSR count). The monoisotopic (exact) mass is 290 g/mol. The number of aliphatic hydroxyl groups excluding tert-OH is 1. The largest absolute Gasteiger partial charge is 0.393 e. The number of unbranched alkanes of at least 4 members (excludes halogenated alkanes) is 1. The van der Waals surface area contributed by atoms with Crippen molar-refractivity contribution in [1.29, 1.82) is 0 Å². The molecule has 0 spiro atoms. The molecule has 110 valence electrons. The van der Waals surface area contributed by atoms with Crippen LogP contribution in [0.25, 0.3) is 11.2 Å². The minimum absolute atomic E-state index is 0.0322. The molecule has 1 N–H and O–H groups in total. The van der Waals surface area contributed by atoms with Gasteiger partial charge in [0.2, 0.25) is 0 Å². The highest BCUT2D eigenvalue weighted by atomic mass is 16.3. The van der Waals surface area contributed by atoms with Gasteiger partial charge in [0, 0.05) is 32.8 Å². The SMILES string of the molecule is [2H]c1nc2c(c(=O)n(CCCCC(O)C([2H])([2H])[2H])c(=O)n2C([2H])([2H])[2H])n1C([2H])([2H])[2H]. The lowest BCUT2D eigenvalue weighted by atomic mass is 10.2. The average Bonchev–Trinajstić information content (AvgIpc) is 2.88. The third-order valence-corrected chi connectivity index (χ3v) is 2.88. The second-order valence-electron chi connectivity index (χ2n) is 4.31. The Morgan fingerprint density at radius 1 is 1.45 bits per heavy atom. The molecule has 1 atom stereocenters. The van der Waals surface area contributed by atoms with Crippen molar-refractivity contribution >= 4 is 11.2 Å². The summed E-state index contributed by atoms with van der Waals surface area (Å²) in [5, 5.41) is 9.55. The van der Waals surface area contributed by atoms with E-state index in [2.05, 4.69) is 4.98 Å². The molecule has 0 saturated heterocycles. The zero-order valence-corrected chi connectivity index (χ0v) is 10.5. The number of hydrogen-bond acceptors (Lipinski definition) is 4. The van der Waals surface area contributed by atoms with E-state index in [1.54, 1.807) is 0 Å². The summed E-state index contributed by atoms with van der Waals surface area (Å²) in [6, 6.07) is 0. The minimum atomic E-state index is -3.11. The minimum Gasteiger partial charge on any atom is -0.393 e. The van der Waals surface area contributed by atoms with E-state index >= 15 is 0 Å². The molecule has 2 aromatic rings. The molecule has 7 heteroatoms. The predicted molar refractivity (Wildman–Crippen MR) is 75.7 cm³/mol. The third kappa shape index (κ3) is 2.53. The van der Waals surface area contributed by atoms with Gasteiger partial charge in [-0.2, -0.15) is 0 Å². The van der Waals surface area contributed by atoms with Crippen LogP contribution in [-0.4, -0.2) is 29.9 Å². The Bertz CT molecular complexity index is 1040. The molecule has 2 heterocycles. The van der Waals surface area contributed by atoms with Crippen molar-refractivity contribution in [3.05, 3.63) is 27.1 Å². The van der Waals surface area contributed by atoms with Crippen molar-refractivity contribution in [3.8, 4) is 0 Å². The molecule has 0 saturated carbocycles. The van der Waals surface area contributed by atoms with Gasteiger partial charge in [0.05, 0.1) is 12.4 Å². The van der Waals surface area contributed by atoms with Gasteiger partial charge in [0.1, 0.15) is 1.37 Å². The van der Waals surface area contributed by atoms with Crippen LogP contribution in [-0.2, 0) is 20.5 Å². The van der Waals surface area contributed by atoms with Crippen LogP contribution >= 0.6 is 0 Å². The zero-order chi connectivity index (χ0) is 23.2. The predicted octanol–water partition coefficient (Wildman–Crippen LogP) is -0.0152. The third-order valence-electron chi connectivity index (χ3n) is 2.88. The molecule has 0 fully saturated rings. The smallest absolute Gasteiger partial charge is 0.332 e. The molecular formula is C13H20N4O3. The number of aliphatic hydroxyl groups is 1. The van der Waals surface area contributed by atoms with Crippen LogP contribution in [0.1, 0.15) is 39.8 Å². The summed E-state index contributed by atoms with van der Waals surface area (Å²) >= 11 is 0. The molecule has 2 aromatic heterocycles. The highest BCUT2D eigenvalue weighted by Crippen LogP contribution is 2.04. The van der Waals surface area contributed by atoms with E-state index < -0.39 is 55.6 Å². The first-order valence-corrected chi connectivity index (χ1v) is 5.92. The maximum Gasteiger partial charge on any atom is 0.332 e. The van der Waals surface area contributed by atoms with Gasteiger partial charge >= 0.3 is 5.69 Å². The van der Waals surface area contributed by atoms with Crippen molar-refractivity contribution in [2.24, 2.45) is 14.0 Å². The molecule has 0 aromatic carbocycles. The summed E-state index contributed by atoms with van der Waals surface area (Å²) in [5.41, 5.74) is -3.86. The second kappa shape index (κ2) is 5.62. The fraction of sp³-hybridized carbons (Fsp3) is 0.615. The zero-order valence-electron chi connectivity index (χ0n) is 20.5. The summed E-state index contributed by atoms with van der Waals surface area (Å²) in [5.74, 6) is 0. The van der Waals surface area contributed by atoms with Gasteiger partial charge in [0.15, 0.2) is 11.2 Å². The molecule has 0 bridgehead atoms. The van der Waals surface area contributed by atoms with Gasteiger partial charge in [-0.15, -0.1) is 0 Å². The normalized spacial score (nSPS) is 22.2. The van der Waals surface area contributed by atoms with Crippen molar-refractivity contribution in [1.82, 2.24) is 18.7 Å². The standard InChI is InChI=1S/C13H20N4O3/c1-9(18)6-4-5-7-17-12(19)10-11(14-8-15(10)2)16(3)13(17)20/h8-9,18H,4-7H2,1-3H3/i1D3,2D3,3D3,8D. The molecule has 0 aliphatic heterocycles. The molecule has 7 nitrogen and oxygen atoms in total. The lowest BCUT2D eigenvalue weighted by Crippen LogP contribution is -2.39. The van der Waals surface area contributed by atoms with Crippen LogP contribution in [0, 0.1) is 0 Å². The quantitative estimate of drug-likeness (QED) is 0.785. The molecule has 0 radical (unpaired) electrons. The fourth-order valence-electron chi connectivity index (χ4n) is 1.88. The highest BCUT2D eigenvalue weighted by molar-refractivity contribution is 5.69. The van der Waals surface area contributed by atoms with Crippen LogP contribution in [0.5, 0.6) is 0 Å². The first kappa shape index (κ1) is 6.26. The fourth-order valence-corrected chi connectivity index (χ4v) is 1.88. The van der Waals surface area contributed by atoms with Crippen molar-refractivity contribution in [3.63, 3.8) is 0 Å². The van der Waals surface area contributed by atoms with Gasteiger partial charge in [-0.1, -0.05) is 0 Å². The van der Waals surface area contributed by atoms with E-state index in [9.17, 15) is 14.7 Å². The summed E-state index contributed by atoms with van der Waals surface area (Å²) < 4.78 is 75.3. The van der Waals surface area contributed by atoms with E-state index in [0.29, 0.717) is 4.57 Å². The Labute approximate surface area is 130 Å². The molecule has 20 heavy (non-hydrogen) atoms. The maximum atomic E-state index is 12.8. The number of aryl methyl sites for hydroxylation is 2. The Morgan fingerprint density at radius 2 is 2.30 bits per heavy atom. The summed E-state index contributed by atoms with van der Waals surface area (Å²) in [6.07, 6.45) is -2.52. The van der Waals surface area contributed by atoms with Crippen molar-refractivity contribution < 1.29 is 18.8 Å². The van der Waals surface area contributed by atoms with E-state index in [-0.39, 0.29) is 34.9 Å². The van der Waals surface area contributed by atoms with E-state index in [4.69, 9.17) is 13.7 Å². The summed E-state index contributed by atoms with van der Waals surface area (Å²) in [7, 11) is 0.